The molecule has 18 heavy (non-hydrogen) atoms. The first-order valence-corrected chi connectivity index (χ1v) is 6.70. The summed E-state index contributed by atoms with van der Waals surface area (Å²) in [7, 11) is 0. The van der Waals surface area contributed by atoms with Crippen molar-refractivity contribution in [3.8, 4) is 5.75 Å². The minimum atomic E-state index is 0.387. The Balaban J connectivity index is 2.06. The number of phenolic OH excluding ortho intramolecular Hbond substituents is 1. The average molecular weight is 259 g/mol. The molecule has 0 aliphatic heterocycles. The van der Waals surface area contributed by atoms with Crippen molar-refractivity contribution in [2.75, 3.05) is 0 Å². The zero-order valence-electron chi connectivity index (χ0n) is 10.1. The van der Waals surface area contributed by atoms with Gasteiger partial charge in [0.15, 0.2) is 0 Å². The van der Waals surface area contributed by atoms with Gasteiger partial charge in [-0.1, -0.05) is 35.9 Å². The Morgan fingerprint density at radius 1 is 1.06 bits per heavy atom. The minimum absolute atomic E-state index is 0.387. The molecule has 0 heterocycles. The van der Waals surface area contributed by atoms with Crippen molar-refractivity contribution in [3.63, 3.8) is 0 Å². The summed E-state index contributed by atoms with van der Waals surface area (Å²) in [6, 6.07) is 13.9. The fraction of sp³-hybridized carbons (Fsp3) is 0.250. The molecule has 0 saturated heterocycles. The van der Waals surface area contributed by atoms with E-state index in [4.69, 9.17) is 11.6 Å². The SMILES string of the molecule is Oc1cccc2c1CCCC2c1ccc(Cl)cc1. The number of aromatic hydroxyl groups is 1. The molecule has 0 aromatic heterocycles. The summed E-state index contributed by atoms with van der Waals surface area (Å²) < 4.78 is 0. The van der Waals surface area contributed by atoms with Crippen molar-refractivity contribution in [1.29, 1.82) is 0 Å². The first-order valence-electron chi connectivity index (χ1n) is 6.32. The van der Waals surface area contributed by atoms with Crippen molar-refractivity contribution in [2.24, 2.45) is 0 Å². The minimum Gasteiger partial charge on any atom is -0.508 e. The van der Waals surface area contributed by atoms with E-state index < -0.39 is 0 Å². The molecule has 3 rings (SSSR count). The molecule has 0 radical (unpaired) electrons. The number of rotatable bonds is 1. The molecule has 1 nitrogen and oxygen atoms in total. The second kappa shape index (κ2) is 4.66. The molecule has 0 fully saturated rings. The predicted molar refractivity (Wildman–Crippen MR) is 74.3 cm³/mol. The highest BCUT2D eigenvalue weighted by Gasteiger charge is 2.23. The fourth-order valence-electron chi connectivity index (χ4n) is 2.87. The first kappa shape index (κ1) is 11.6. The van der Waals surface area contributed by atoms with E-state index >= 15 is 0 Å². The van der Waals surface area contributed by atoms with Crippen LogP contribution in [0.1, 0.15) is 35.4 Å². The highest BCUT2D eigenvalue weighted by atomic mass is 35.5. The van der Waals surface area contributed by atoms with Crippen LogP contribution >= 0.6 is 11.6 Å². The highest BCUT2D eigenvalue weighted by molar-refractivity contribution is 6.30. The molecule has 2 heteroatoms. The molecule has 0 spiro atoms. The Morgan fingerprint density at radius 2 is 1.83 bits per heavy atom. The largest absolute Gasteiger partial charge is 0.508 e. The lowest BCUT2D eigenvalue weighted by molar-refractivity contribution is 0.459. The van der Waals surface area contributed by atoms with Gasteiger partial charge in [0.05, 0.1) is 0 Å². The molecule has 2 aromatic carbocycles. The molecule has 1 N–H and O–H groups in total. The molecular formula is C16H15ClO. The van der Waals surface area contributed by atoms with Crippen LogP contribution in [0.25, 0.3) is 0 Å². The predicted octanol–water partition coefficient (Wildman–Crippen LogP) is 4.51. The molecule has 0 bridgehead atoms. The summed E-state index contributed by atoms with van der Waals surface area (Å²) in [6.45, 7) is 0. The molecule has 1 aliphatic rings. The van der Waals surface area contributed by atoms with E-state index in [0.717, 1.165) is 29.8 Å². The average Bonchev–Trinajstić information content (AvgIpc) is 2.40. The Morgan fingerprint density at radius 3 is 2.61 bits per heavy atom. The molecule has 0 amide bonds. The van der Waals surface area contributed by atoms with Crippen LogP contribution in [0.15, 0.2) is 42.5 Å². The van der Waals surface area contributed by atoms with Gasteiger partial charge < -0.3 is 5.11 Å². The van der Waals surface area contributed by atoms with Crippen molar-refractivity contribution >= 4 is 11.6 Å². The molecule has 0 saturated carbocycles. The summed E-state index contributed by atoms with van der Waals surface area (Å²) in [5, 5.41) is 10.7. The quantitative estimate of drug-likeness (QED) is 0.798. The second-order valence-electron chi connectivity index (χ2n) is 4.84. The molecule has 1 atom stereocenters. The van der Waals surface area contributed by atoms with E-state index in [0.29, 0.717) is 11.7 Å². The summed E-state index contributed by atoms with van der Waals surface area (Å²) >= 11 is 5.94. The van der Waals surface area contributed by atoms with E-state index in [9.17, 15) is 5.11 Å². The highest BCUT2D eigenvalue weighted by Crippen LogP contribution is 2.39. The molecule has 92 valence electrons. The van der Waals surface area contributed by atoms with Crippen LogP contribution in [-0.4, -0.2) is 5.11 Å². The van der Waals surface area contributed by atoms with Gasteiger partial charge in [0, 0.05) is 10.9 Å². The van der Waals surface area contributed by atoms with Crippen molar-refractivity contribution in [3.05, 3.63) is 64.2 Å². The normalized spacial score (nSPS) is 18.4. The number of hydrogen-bond acceptors (Lipinski definition) is 1. The third-order valence-electron chi connectivity index (χ3n) is 3.75. The van der Waals surface area contributed by atoms with Crippen LogP contribution < -0.4 is 0 Å². The Bertz CT molecular complexity index is 560. The summed E-state index contributed by atoms with van der Waals surface area (Å²) in [4.78, 5) is 0. The van der Waals surface area contributed by atoms with Crippen LogP contribution in [0.4, 0.5) is 0 Å². The topological polar surface area (TPSA) is 20.2 Å². The molecule has 1 unspecified atom stereocenters. The smallest absolute Gasteiger partial charge is 0.119 e. The van der Waals surface area contributed by atoms with Crippen molar-refractivity contribution in [1.82, 2.24) is 0 Å². The third kappa shape index (κ3) is 1.99. The van der Waals surface area contributed by atoms with Crippen LogP contribution in [0, 0.1) is 0 Å². The summed E-state index contributed by atoms with van der Waals surface area (Å²) in [5.41, 5.74) is 3.67. The number of hydrogen-bond donors (Lipinski definition) is 1. The second-order valence-corrected chi connectivity index (χ2v) is 5.28. The standard InChI is InChI=1S/C16H15ClO/c17-12-9-7-11(8-10-12)13-3-1-5-15-14(13)4-2-6-16(15)18/h2,4,6-10,13,18H,1,3,5H2. The van der Waals surface area contributed by atoms with E-state index in [1.807, 2.05) is 18.2 Å². The Kier molecular flexibility index (Phi) is 3.00. The van der Waals surface area contributed by atoms with Gasteiger partial charge in [-0.15, -0.1) is 0 Å². The Labute approximate surface area is 112 Å². The van der Waals surface area contributed by atoms with E-state index in [-0.39, 0.29) is 0 Å². The summed E-state index contributed by atoms with van der Waals surface area (Å²) in [6.07, 6.45) is 3.24. The first-order chi connectivity index (χ1) is 8.75. The molecular weight excluding hydrogens is 244 g/mol. The lowest BCUT2D eigenvalue weighted by atomic mass is 9.79. The van der Waals surface area contributed by atoms with Crippen LogP contribution in [0.5, 0.6) is 5.75 Å². The van der Waals surface area contributed by atoms with E-state index in [1.54, 1.807) is 6.07 Å². The van der Waals surface area contributed by atoms with Gasteiger partial charge in [-0.3, -0.25) is 0 Å². The Hall–Kier alpha value is -1.47. The summed E-state index contributed by atoms with van der Waals surface area (Å²) in [5.74, 6) is 0.823. The van der Waals surface area contributed by atoms with Crippen LogP contribution in [-0.2, 0) is 6.42 Å². The van der Waals surface area contributed by atoms with Crippen molar-refractivity contribution < 1.29 is 5.11 Å². The maximum atomic E-state index is 9.94. The zero-order valence-corrected chi connectivity index (χ0v) is 10.8. The van der Waals surface area contributed by atoms with E-state index in [1.165, 1.54) is 11.1 Å². The third-order valence-corrected chi connectivity index (χ3v) is 4.01. The van der Waals surface area contributed by atoms with E-state index in [2.05, 4.69) is 18.2 Å². The van der Waals surface area contributed by atoms with Gasteiger partial charge in [-0.25, -0.2) is 0 Å². The van der Waals surface area contributed by atoms with Gasteiger partial charge in [-0.05, 0) is 54.2 Å². The monoisotopic (exact) mass is 258 g/mol. The number of phenols is 1. The molecule has 1 aliphatic carbocycles. The van der Waals surface area contributed by atoms with Crippen molar-refractivity contribution in [2.45, 2.75) is 25.2 Å². The van der Waals surface area contributed by atoms with Crippen LogP contribution in [0.3, 0.4) is 0 Å². The number of fused-ring (bicyclic) bond motifs is 1. The van der Waals surface area contributed by atoms with Gasteiger partial charge >= 0.3 is 0 Å². The van der Waals surface area contributed by atoms with Gasteiger partial charge in [-0.2, -0.15) is 0 Å². The zero-order chi connectivity index (χ0) is 12.5. The van der Waals surface area contributed by atoms with Gasteiger partial charge in [0.1, 0.15) is 5.75 Å². The molecule has 2 aromatic rings. The number of halogens is 1. The lowest BCUT2D eigenvalue weighted by Gasteiger charge is -2.26. The maximum absolute atomic E-state index is 9.94. The fourth-order valence-corrected chi connectivity index (χ4v) is 3.00. The van der Waals surface area contributed by atoms with Gasteiger partial charge in [0.2, 0.25) is 0 Å². The number of benzene rings is 2. The van der Waals surface area contributed by atoms with Gasteiger partial charge in [0.25, 0.3) is 0 Å². The lowest BCUT2D eigenvalue weighted by Crippen LogP contribution is -2.11. The van der Waals surface area contributed by atoms with Crippen LogP contribution in [0.2, 0.25) is 5.02 Å². The maximum Gasteiger partial charge on any atom is 0.119 e.